The Morgan fingerprint density at radius 3 is 2.93 bits per heavy atom. The van der Waals surface area contributed by atoms with E-state index in [4.69, 9.17) is 14.5 Å². The fraction of sp³-hybridized carbons (Fsp3) is 0.364. The van der Waals surface area contributed by atoms with Crippen LogP contribution in [-0.4, -0.2) is 43.3 Å². The van der Waals surface area contributed by atoms with Crippen LogP contribution in [0.5, 0.6) is 0 Å². The summed E-state index contributed by atoms with van der Waals surface area (Å²) in [7, 11) is 1.64. The van der Waals surface area contributed by atoms with E-state index in [9.17, 15) is 9.18 Å². The minimum absolute atomic E-state index is 0.0533. The lowest BCUT2D eigenvalue weighted by Gasteiger charge is -2.46. The van der Waals surface area contributed by atoms with E-state index in [0.29, 0.717) is 35.1 Å². The molecule has 30 heavy (non-hydrogen) atoms. The zero-order valence-corrected chi connectivity index (χ0v) is 18.8. The summed E-state index contributed by atoms with van der Waals surface area (Å²) in [6, 6.07) is 13.8. The average Bonchev–Trinajstić information content (AvgIpc) is 2.76. The lowest BCUT2D eigenvalue weighted by Crippen LogP contribution is -2.52. The number of nitrogens with zero attached hydrogens (tertiary/aromatic N) is 1. The van der Waals surface area contributed by atoms with Crippen molar-refractivity contribution in [3.8, 4) is 0 Å². The van der Waals surface area contributed by atoms with Crippen molar-refractivity contribution in [3.63, 3.8) is 0 Å². The molecule has 2 heterocycles. The minimum Gasteiger partial charge on any atom is -0.382 e. The molecule has 2 aromatic carbocycles. The number of thioether (sulfide) groups is 1. The Labute approximate surface area is 187 Å². The molecule has 0 aromatic heterocycles. The summed E-state index contributed by atoms with van der Waals surface area (Å²) in [6.07, 6.45) is 0.649. The number of hydrogen-bond acceptors (Lipinski definition) is 5. The Morgan fingerprint density at radius 1 is 1.37 bits per heavy atom. The highest BCUT2D eigenvalue weighted by Crippen LogP contribution is 2.47. The predicted octanol–water partition coefficient (Wildman–Crippen LogP) is 4.37. The van der Waals surface area contributed by atoms with Gasteiger partial charge >= 0.3 is 0 Å². The van der Waals surface area contributed by atoms with Gasteiger partial charge in [-0.2, -0.15) is 0 Å². The maximum atomic E-state index is 15.0. The number of fused-ring (bicyclic) bond motifs is 1. The summed E-state index contributed by atoms with van der Waals surface area (Å²) in [6.45, 7) is 0.712. The van der Waals surface area contributed by atoms with Gasteiger partial charge in [0.2, 0.25) is 0 Å². The molecule has 0 radical (unpaired) electrons. The van der Waals surface area contributed by atoms with Crippen molar-refractivity contribution in [1.29, 1.82) is 0 Å². The summed E-state index contributed by atoms with van der Waals surface area (Å²) >= 11 is 4.93. The van der Waals surface area contributed by atoms with Crippen LogP contribution in [-0.2, 0) is 15.0 Å². The van der Waals surface area contributed by atoms with E-state index >= 15 is 0 Å². The van der Waals surface area contributed by atoms with Crippen molar-refractivity contribution in [2.24, 2.45) is 10.9 Å². The molecule has 1 amide bonds. The molecule has 2 aliphatic heterocycles. The Morgan fingerprint density at radius 2 is 2.17 bits per heavy atom. The van der Waals surface area contributed by atoms with E-state index in [1.807, 2.05) is 18.2 Å². The van der Waals surface area contributed by atoms with Gasteiger partial charge in [0, 0.05) is 34.4 Å². The highest BCUT2D eigenvalue weighted by atomic mass is 79.9. The third-order valence-corrected chi connectivity index (χ3v) is 7.02. The molecule has 0 aliphatic carbocycles. The summed E-state index contributed by atoms with van der Waals surface area (Å²) in [5.41, 5.74) is 0.123. The Kier molecular flexibility index (Phi) is 6.57. The van der Waals surface area contributed by atoms with Crippen LogP contribution in [0, 0.1) is 11.7 Å². The Balaban J connectivity index is 1.69. The van der Waals surface area contributed by atoms with E-state index in [-0.39, 0.29) is 30.4 Å². The van der Waals surface area contributed by atoms with E-state index < -0.39 is 5.54 Å². The zero-order chi connectivity index (χ0) is 21.1. The van der Waals surface area contributed by atoms with Crippen LogP contribution in [0.25, 0.3) is 0 Å². The molecule has 1 N–H and O–H groups in total. The van der Waals surface area contributed by atoms with Gasteiger partial charge in [0.1, 0.15) is 11.4 Å². The smallest absolute Gasteiger partial charge is 0.257 e. The first-order valence-electron chi connectivity index (χ1n) is 9.67. The van der Waals surface area contributed by atoms with Gasteiger partial charge in [-0.05, 0) is 36.8 Å². The van der Waals surface area contributed by atoms with Crippen molar-refractivity contribution >= 4 is 38.8 Å². The number of nitrogens with one attached hydrogen (secondary N) is 1. The minimum atomic E-state index is -0.900. The van der Waals surface area contributed by atoms with E-state index in [1.54, 1.807) is 31.4 Å². The van der Waals surface area contributed by atoms with Gasteiger partial charge in [0.25, 0.3) is 5.91 Å². The van der Waals surface area contributed by atoms with E-state index in [1.165, 1.54) is 17.8 Å². The topological polar surface area (TPSA) is 59.9 Å². The van der Waals surface area contributed by atoms with Crippen LogP contribution in [0.4, 0.5) is 4.39 Å². The van der Waals surface area contributed by atoms with E-state index in [0.717, 1.165) is 4.47 Å². The highest BCUT2D eigenvalue weighted by Gasteiger charge is 2.49. The van der Waals surface area contributed by atoms with E-state index in [2.05, 4.69) is 21.2 Å². The number of benzene rings is 2. The number of halogens is 2. The second kappa shape index (κ2) is 9.18. The van der Waals surface area contributed by atoms with Crippen molar-refractivity contribution < 1.29 is 18.7 Å². The number of ether oxygens (including phenoxy) is 2. The largest absolute Gasteiger partial charge is 0.382 e. The van der Waals surface area contributed by atoms with Crippen LogP contribution in [0.2, 0.25) is 0 Å². The second-order valence-electron chi connectivity index (χ2n) is 7.42. The molecular weight excluding hydrogens is 471 g/mol. The zero-order valence-electron chi connectivity index (χ0n) is 16.4. The molecule has 0 spiro atoms. The van der Waals surface area contributed by atoms with Crippen LogP contribution in [0.15, 0.2) is 58.0 Å². The van der Waals surface area contributed by atoms with Crippen LogP contribution < -0.4 is 5.32 Å². The molecule has 8 heteroatoms. The number of amides is 1. The van der Waals surface area contributed by atoms with Gasteiger partial charge in [-0.1, -0.05) is 45.9 Å². The van der Waals surface area contributed by atoms with Gasteiger partial charge in [-0.3, -0.25) is 4.79 Å². The molecule has 4 rings (SSSR count). The molecule has 1 saturated heterocycles. The SMILES string of the molecule is COC[C@H]1C[C@H]2CSC(NC(=O)c3ccccc3)=N[C@@]2(c2cc(Br)ccc2F)CO1. The number of rotatable bonds is 4. The van der Waals surface area contributed by atoms with Crippen LogP contribution in [0.3, 0.4) is 0 Å². The van der Waals surface area contributed by atoms with Crippen molar-refractivity contribution in [2.75, 3.05) is 26.1 Å². The third kappa shape index (κ3) is 4.32. The number of methoxy groups -OCH3 is 1. The first-order chi connectivity index (χ1) is 14.5. The molecule has 0 saturated carbocycles. The second-order valence-corrected chi connectivity index (χ2v) is 9.34. The molecule has 5 nitrogen and oxygen atoms in total. The lowest BCUT2D eigenvalue weighted by molar-refractivity contribution is -0.0837. The number of amidine groups is 1. The van der Waals surface area contributed by atoms with Crippen molar-refractivity contribution in [2.45, 2.75) is 18.1 Å². The molecule has 1 fully saturated rings. The van der Waals surface area contributed by atoms with Gasteiger partial charge in [0.15, 0.2) is 5.17 Å². The Hall–Kier alpha value is -1.74. The summed E-state index contributed by atoms with van der Waals surface area (Å²) in [4.78, 5) is 17.5. The average molecular weight is 493 g/mol. The molecule has 2 aliphatic rings. The number of hydrogen-bond donors (Lipinski definition) is 1. The number of carbonyl (C=O) groups is 1. The number of carbonyl (C=O) groups excluding carboxylic acids is 1. The van der Waals surface area contributed by atoms with Crippen LogP contribution in [0.1, 0.15) is 22.3 Å². The van der Waals surface area contributed by atoms with Gasteiger partial charge < -0.3 is 14.8 Å². The number of aliphatic imine (C=N–C) groups is 1. The molecule has 0 bridgehead atoms. The van der Waals surface area contributed by atoms with Crippen LogP contribution >= 0.6 is 27.7 Å². The lowest BCUT2D eigenvalue weighted by atomic mass is 9.75. The predicted molar refractivity (Wildman–Crippen MR) is 119 cm³/mol. The molecule has 2 aromatic rings. The third-order valence-electron chi connectivity index (χ3n) is 5.49. The highest BCUT2D eigenvalue weighted by molar-refractivity contribution is 9.10. The van der Waals surface area contributed by atoms with Gasteiger partial charge in [0.05, 0.1) is 19.3 Å². The summed E-state index contributed by atoms with van der Waals surface area (Å²) < 4.78 is 27.0. The summed E-state index contributed by atoms with van der Waals surface area (Å²) in [5.74, 6) is 0.182. The van der Waals surface area contributed by atoms with Crippen molar-refractivity contribution in [1.82, 2.24) is 5.32 Å². The summed E-state index contributed by atoms with van der Waals surface area (Å²) in [5, 5.41) is 3.37. The standard InChI is InChI=1S/C22H22BrFN2O3S/c1-28-11-17-9-15-12-30-21(25-20(27)14-5-3-2-4-6-14)26-22(15,13-29-17)18-10-16(23)7-8-19(18)24/h2-8,10,15,17H,9,11-13H2,1H3,(H,25,26,27)/t15-,17+,22-/m0/s1. The molecule has 3 atom stereocenters. The molecule has 158 valence electrons. The first-order valence-corrected chi connectivity index (χ1v) is 11.4. The maximum absolute atomic E-state index is 15.0. The molecule has 0 unspecified atom stereocenters. The monoisotopic (exact) mass is 492 g/mol. The molecular formula is C22H22BrFN2O3S. The first kappa shape index (κ1) is 21.5. The maximum Gasteiger partial charge on any atom is 0.257 e. The van der Waals surface area contributed by atoms with Gasteiger partial charge in [-0.15, -0.1) is 0 Å². The fourth-order valence-corrected chi connectivity index (χ4v) is 5.50. The Bertz CT molecular complexity index is 959. The normalized spacial score (nSPS) is 25.9. The van der Waals surface area contributed by atoms with Crippen molar-refractivity contribution in [3.05, 3.63) is 69.9 Å². The van der Waals surface area contributed by atoms with Gasteiger partial charge in [-0.25, -0.2) is 9.38 Å². The fourth-order valence-electron chi connectivity index (χ4n) is 3.98. The quantitative estimate of drug-likeness (QED) is 0.688.